The molecule has 0 aromatic carbocycles. The number of anilines is 1. The number of imidazole rings is 1. The van der Waals surface area contributed by atoms with Gasteiger partial charge in [0.25, 0.3) is 0 Å². The molecule has 2 aromatic rings. The van der Waals surface area contributed by atoms with E-state index in [1.165, 1.54) is 0.604 Å². The van der Waals surface area contributed by atoms with Crippen molar-refractivity contribution in [1.29, 1.82) is 0 Å². The van der Waals surface area contributed by atoms with Crippen LogP contribution < -0.4 is 6.34 Å². The van der Waals surface area contributed by atoms with Gasteiger partial charge in [-0.25, -0.2) is 0 Å². The molecule has 0 saturated carbocycles. The van der Waals surface area contributed by atoms with Crippen LogP contribution in [0, 0.1) is 42.8 Å². The Kier molecular flexibility index (Phi) is 2.91. The minimum absolute atomic E-state index is 0.312. The molecular weight excluding hydrogens is 390 g/mol. The van der Waals surface area contributed by atoms with Gasteiger partial charge < -0.3 is 0 Å². The quantitative estimate of drug-likeness (QED) is 0.732. The van der Waals surface area contributed by atoms with Gasteiger partial charge in [0.15, 0.2) is 0 Å². The van der Waals surface area contributed by atoms with Gasteiger partial charge in [0.2, 0.25) is 0 Å². The number of rotatable bonds is 1. The van der Waals surface area contributed by atoms with E-state index in [1.54, 1.807) is 6.20 Å². The number of nitrogens with two attached hydrogens (primary N) is 1. The second-order valence-corrected chi connectivity index (χ2v) is 8.05. The van der Waals surface area contributed by atoms with E-state index in [9.17, 15) is 0 Å². The summed E-state index contributed by atoms with van der Waals surface area (Å²) in [6.07, 6.45) is 5.52. The molecule has 2 N–H and O–H groups in total. The van der Waals surface area contributed by atoms with Crippen molar-refractivity contribution >= 4 is 6.42 Å². The van der Waals surface area contributed by atoms with Gasteiger partial charge in [-0.3, -0.25) is 0 Å². The summed E-state index contributed by atoms with van der Waals surface area (Å²) < 4.78 is 3.26. The maximum atomic E-state index is 5.81. The zero-order valence-corrected chi connectivity index (χ0v) is 16.4. The van der Waals surface area contributed by atoms with Crippen molar-refractivity contribution in [2.75, 3.05) is 5.73 Å². The average molecular weight is 400 g/mol. The van der Waals surface area contributed by atoms with Crippen LogP contribution in [0.2, 0.25) is 0 Å². The Morgan fingerprint density at radius 1 is 1.43 bits per heavy atom. The standard InChI is InChI=1S/C9H9N4.Ra.H/c1-13-6-5-12-9(13)7-3-2-4-11-8(7)10;;/h3-6H,1H3,(H2,10,11);;. The summed E-state index contributed by atoms with van der Waals surface area (Å²) in [6, 6.07) is 2.09. The first-order valence-corrected chi connectivity index (χ1v) is 8.49. The molecule has 2 aromatic heterocycles. The number of hydrogen-bond acceptors (Lipinski definition) is 3. The molecule has 0 aliphatic carbocycles. The summed E-state index contributed by atoms with van der Waals surface area (Å²) in [6.45, 7) is 0. The van der Waals surface area contributed by atoms with Gasteiger partial charge in [0.05, 0.1) is 0 Å². The van der Waals surface area contributed by atoms with Gasteiger partial charge in [-0.15, -0.1) is 0 Å². The number of nitrogens with zero attached hydrogens (tertiary/aromatic N) is 3. The second-order valence-electron chi connectivity index (χ2n) is 3.31. The summed E-state index contributed by atoms with van der Waals surface area (Å²) in [5, 5.41) is 0. The zero-order valence-electron chi connectivity index (χ0n) is 8.23. The Labute approximate surface area is 111 Å². The van der Waals surface area contributed by atoms with E-state index in [-0.39, 0.29) is 0 Å². The van der Waals surface area contributed by atoms with Crippen LogP contribution in [-0.2, 0) is 7.05 Å². The SMILES string of the molecule is Cn1ccnc1-c1c[c]([RaH])cnc1N. The van der Waals surface area contributed by atoms with E-state index in [4.69, 9.17) is 5.73 Å². The molecule has 4 nitrogen and oxygen atoms in total. The Hall–Kier alpha value is -0.372. The first kappa shape index (κ1) is 10.2. The van der Waals surface area contributed by atoms with Crippen molar-refractivity contribution in [3.8, 4) is 11.4 Å². The molecule has 0 bridgehead atoms. The predicted octanol–water partition coefficient (Wildman–Crippen LogP) is -0.0288. The van der Waals surface area contributed by atoms with Crippen LogP contribution in [0.3, 0.4) is 0 Å². The topological polar surface area (TPSA) is 56.7 Å². The molecule has 0 aliphatic heterocycles. The fourth-order valence-corrected chi connectivity index (χ4v) is 3.10. The Balaban J connectivity index is 2.62. The molecule has 2 heterocycles. The summed E-state index contributed by atoms with van der Waals surface area (Å²) in [5.74, 6) is 1.44. The zero-order chi connectivity index (χ0) is 10.1. The molecule has 0 atom stereocenters. The Morgan fingerprint density at radius 2 is 2.21 bits per heavy atom. The van der Waals surface area contributed by atoms with Gasteiger partial charge in [0, 0.05) is 0 Å². The van der Waals surface area contributed by atoms with Crippen molar-refractivity contribution < 1.29 is 42.8 Å². The molecule has 0 aliphatic rings. The van der Waals surface area contributed by atoms with Crippen LogP contribution in [-0.4, -0.2) is 14.5 Å². The number of aromatic nitrogens is 3. The summed E-state index contributed by atoms with van der Waals surface area (Å²) in [5.41, 5.74) is 6.75. The van der Waals surface area contributed by atoms with Crippen molar-refractivity contribution in [2.24, 2.45) is 7.05 Å². The van der Waals surface area contributed by atoms with Crippen molar-refractivity contribution in [3.05, 3.63) is 24.7 Å². The van der Waals surface area contributed by atoms with Crippen LogP contribution in [0.25, 0.3) is 11.4 Å². The van der Waals surface area contributed by atoms with E-state index < -0.39 is 0 Å². The third-order valence-corrected chi connectivity index (χ3v) is 4.36. The molecule has 0 saturated heterocycles. The van der Waals surface area contributed by atoms with Crippen molar-refractivity contribution in [3.63, 3.8) is 0 Å². The molecule has 68 valence electrons. The number of pyridine rings is 1. The van der Waals surface area contributed by atoms with Crippen LogP contribution >= 0.6 is 0 Å². The summed E-state index contributed by atoms with van der Waals surface area (Å²) in [7, 11) is 1.95. The molecule has 0 spiro atoms. The monoisotopic (exact) mass is 400 g/mol. The third kappa shape index (κ3) is 1.85. The molecule has 0 radical (unpaired) electrons. The van der Waals surface area contributed by atoms with Crippen LogP contribution in [0.4, 0.5) is 5.82 Å². The van der Waals surface area contributed by atoms with Crippen LogP contribution in [0.5, 0.6) is 0 Å². The molecule has 0 amide bonds. The predicted molar refractivity (Wildman–Crippen MR) is 51.9 cm³/mol. The first-order chi connectivity index (χ1) is 6.68. The maximum absolute atomic E-state index is 5.81. The molecule has 14 heavy (non-hydrogen) atoms. The van der Waals surface area contributed by atoms with Gasteiger partial charge >= 0.3 is 113 Å². The minimum atomic E-state index is 0.312. The third-order valence-electron chi connectivity index (χ3n) is 2.12. The summed E-state index contributed by atoms with van der Waals surface area (Å²) in [4.78, 5) is 8.41. The van der Waals surface area contributed by atoms with Gasteiger partial charge in [-0.1, -0.05) is 0 Å². The molecular formula is C9H10N4Ra. The first-order valence-electron chi connectivity index (χ1n) is 4.38. The van der Waals surface area contributed by atoms with E-state index in [0.29, 0.717) is 48.6 Å². The average Bonchev–Trinajstić information content (AvgIpc) is 2.56. The number of aryl methyl sites for hydroxylation is 1. The Morgan fingerprint density at radius 3 is 2.86 bits per heavy atom. The fourth-order valence-electron chi connectivity index (χ4n) is 1.38. The van der Waals surface area contributed by atoms with E-state index in [1.807, 2.05) is 24.0 Å². The van der Waals surface area contributed by atoms with Gasteiger partial charge in [0.1, 0.15) is 0 Å². The normalized spacial score (nSPS) is 10.3. The van der Waals surface area contributed by atoms with Crippen molar-refractivity contribution in [2.45, 2.75) is 0 Å². The second kappa shape index (κ2) is 4.01. The fraction of sp³-hybridized carbons (Fsp3) is 0.111. The van der Waals surface area contributed by atoms with E-state index in [2.05, 4.69) is 16.0 Å². The number of hydrogen-bond donors (Lipinski definition) is 1. The molecule has 0 unspecified atom stereocenters. The molecule has 5 heteroatoms. The Bertz CT molecular complexity index is 464. The molecule has 0 fully saturated rings. The van der Waals surface area contributed by atoms with Crippen LogP contribution in [0.1, 0.15) is 0 Å². The number of nitrogen functional groups attached to an aromatic ring is 1. The van der Waals surface area contributed by atoms with Gasteiger partial charge in [-0.2, -0.15) is 0 Å². The molecule has 2 rings (SSSR count). The summed E-state index contributed by atoms with van der Waals surface area (Å²) >= 11 is 0.312. The van der Waals surface area contributed by atoms with E-state index in [0.717, 1.165) is 11.4 Å². The van der Waals surface area contributed by atoms with Gasteiger partial charge in [-0.05, 0) is 0 Å². The van der Waals surface area contributed by atoms with Crippen LogP contribution in [0.15, 0.2) is 24.7 Å². The van der Waals surface area contributed by atoms with E-state index >= 15 is 0 Å². The van der Waals surface area contributed by atoms with Crippen molar-refractivity contribution in [1.82, 2.24) is 14.5 Å².